The molecule has 1 aromatic carbocycles. The molecule has 0 saturated carbocycles. The van der Waals surface area contributed by atoms with Crippen molar-refractivity contribution in [2.75, 3.05) is 6.61 Å². The SMILES string of the molecule is CCOC(=O)C(F)(F)F.O=C(O)c1ccccc1. The average molecular weight is 264 g/mol. The molecule has 0 spiro atoms. The summed E-state index contributed by atoms with van der Waals surface area (Å²) in [6.45, 7) is 1.06. The summed E-state index contributed by atoms with van der Waals surface area (Å²) in [4.78, 5) is 19.9. The highest BCUT2D eigenvalue weighted by molar-refractivity contribution is 5.87. The van der Waals surface area contributed by atoms with Gasteiger partial charge in [-0.2, -0.15) is 13.2 Å². The maximum Gasteiger partial charge on any atom is 0.490 e. The molecule has 4 nitrogen and oxygen atoms in total. The summed E-state index contributed by atoms with van der Waals surface area (Å²) in [5.41, 5.74) is 0.331. The zero-order chi connectivity index (χ0) is 14.2. The number of carboxylic acid groups (broad SMARTS) is 1. The monoisotopic (exact) mass is 264 g/mol. The van der Waals surface area contributed by atoms with Crippen molar-refractivity contribution in [1.82, 2.24) is 0 Å². The number of benzene rings is 1. The molecular formula is C11H11F3O4. The fourth-order valence-corrected chi connectivity index (χ4v) is 0.794. The summed E-state index contributed by atoms with van der Waals surface area (Å²) in [6.07, 6.45) is -4.85. The zero-order valence-electron chi connectivity index (χ0n) is 9.40. The maximum atomic E-state index is 11.2. The van der Waals surface area contributed by atoms with Crippen LogP contribution in [0.2, 0.25) is 0 Å². The first kappa shape index (κ1) is 16.0. The van der Waals surface area contributed by atoms with Crippen LogP contribution in [0.3, 0.4) is 0 Å². The number of hydrogen-bond donors (Lipinski definition) is 1. The lowest BCUT2D eigenvalue weighted by Crippen LogP contribution is -2.25. The van der Waals surface area contributed by atoms with E-state index >= 15 is 0 Å². The highest BCUT2D eigenvalue weighted by Gasteiger charge is 2.40. The number of carbonyl (C=O) groups is 2. The van der Waals surface area contributed by atoms with E-state index in [1.165, 1.54) is 6.92 Å². The van der Waals surface area contributed by atoms with E-state index < -0.39 is 18.1 Å². The van der Waals surface area contributed by atoms with Crippen LogP contribution in [0.15, 0.2) is 30.3 Å². The molecule has 7 heteroatoms. The van der Waals surface area contributed by atoms with Gasteiger partial charge in [0.2, 0.25) is 0 Å². The van der Waals surface area contributed by atoms with Crippen LogP contribution in [0.5, 0.6) is 0 Å². The van der Waals surface area contributed by atoms with Gasteiger partial charge in [-0.3, -0.25) is 0 Å². The molecule has 0 fully saturated rings. The molecule has 0 aromatic heterocycles. The average Bonchev–Trinajstić information content (AvgIpc) is 2.30. The quantitative estimate of drug-likeness (QED) is 0.833. The molecule has 0 amide bonds. The van der Waals surface area contributed by atoms with Gasteiger partial charge < -0.3 is 9.84 Å². The topological polar surface area (TPSA) is 63.6 Å². The molecule has 1 rings (SSSR count). The summed E-state index contributed by atoms with van der Waals surface area (Å²) in [5, 5.41) is 8.38. The Bertz CT molecular complexity index is 387. The molecule has 0 radical (unpaired) electrons. The molecule has 1 N–H and O–H groups in total. The summed E-state index contributed by atoms with van der Waals surface area (Å²) in [5.74, 6) is -3.01. The number of rotatable bonds is 2. The molecule has 0 bridgehead atoms. The smallest absolute Gasteiger partial charge is 0.478 e. The van der Waals surface area contributed by atoms with Crippen molar-refractivity contribution in [3.63, 3.8) is 0 Å². The van der Waals surface area contributed by atoms with E-state index in [-0.39, 0.29) is 6.61 Å². The van der Waals surface area contributed by atoms with E-state index in [4.69, 9.17) is 5.11 Å². The van der Waals surface area contributed by atoms with Crippen LogP contribution in [0.25, 0.3) is 0 Å². The van der Waals surface area contributed by atoms with Gasteiger partial charge in [0.1, 0.15) is 0 Å². The van der Waals surface area contributed by atoms with Gasteiger partial charge in [0.25, 0.3) is 0 Å². The van der Waals surface area contributed by atoms with Crippen LogP contribution in [0.1, 0.15) is 17.3 Å². The minimum atomic E-state index is -4.85. The first-order valence-electron chi connectivity index (χ1n) is 4.81. The van der Waals surface area contributed by atoms with E-state index in [9.17, 15) is 22.8 Å². The second kappa shape index (κ2) is 7.31. The van der Waals surface area contributed by atoms with Gasteiger partial charge in [-0.15, -0.1) is 0 Å². The number of hydrogen-bond acceptors (Lipinski definition) is 3. The van der Waals surface area contributed by atoms with Gasteiger partial charge in [-0.25, -0.2) is 9.59 Å². The number of halogens is 3. The minimum absolute atomic E-state index is 0.252. The molecule has 1 aromatic rings. The lowest BCUT2D eigenvalue weighted by molar-refractivity contribution is -0.199. The van der Waals surface area contributed by atoms with Crippen molar-refractivity contribution in [3.8, 4) is 0 Å². The Morgan fingerprint density at radius 3 is 1.94 bits per heavy atom. The van der Waals surface area contributed by atoms with Gasteiger partial charge in [0.05, 0.1) is 12.2 Å². The minimum Gasteiger partial charge on any atom is -0.478 e. The number of aromatic carboxylic acids is 1. The fourth-order valence-electron chi connectivity index (χ4n) is 0.794. The summed E-state index contributed by atoms with van der Waals surface area (Å²) in [7, 11) is 0. The Kier molecular flexibility index (Phi) is 6.48. The molecular weight excluding hydrogens is 253 g/mol. The zero-order valence-corrected chi connectivity index (χ0v) is 9.40. The number of carboxylic acids is 1. The van der Waals surface area contributed by atoms with Crippen LogP contribution in [-0.2, 0) is 9.53 Å². The Hall–Kier alpha value is -2.05. The van der Waals surface area contributed by atoms with Gasteiger partial charge in [-0.1, -0.05) is 18.2 Å². The summed E-state index contributed by atoms with van der Waals surface area (Å²) < 4.78 is 37.1. The molecule has 18 heavy (non-hydrogen) atoms. The third-order valence-corrected chi connectivity index (χ3v) is 1.53. The lowest BCUT2D eigenvalue weighted by atomic mass is 10.2. The van der Waals surface area contributed by atoms with Crippen LogP contribution in [0, 0.1) is 0 Å². The molecule has 0 aliphatic carbocycles. The molecule has 100 valence electrons. The molecule has 0 heterocycles. The first-order chi connectivity index (χ1) is 8.29. The highest BCUT2D eigenvalue weighted by Crippen LogP contribution is 2.15. The predicted octanol–water partition coefficient (Wildman–Crippen LogP) is 2.50. The second-order valence-electron chi connectivity index (χ2n) is 2.89. The Balaban J connectivity index is 0.000000321. The Morgan fingerprint density at radius 1 is 1.22 bits per heavy atom. The van der Waals surface area contributed by atoms with Crippen molar-refractivity contribution >= 4 is 11.9 Å². The summed E-state index contributed by atoms with van der Waals surface area (Å²) in [6, 6.07) is 8.30. The number of ether oxygens (including phenoxy) is 1. The van der Waals surface area contributed by atoms with E-state index in [2.05, 4.69) is 4.74 Å². The van der Waals surface area contributed by atoms with Gasteiger partial charge in [0.15, 0.2) is 0 Å². The Morgan fingerprint density at radius 2 is 1.72 bits per heavy atom. The van der Waals surface area contributed by atoms with Crippen LogP contribution in [-0.4, -0.2) is 29.8 Å². The lowest BCUT2D eigenvalue weighted by Gasteiger charge is -2.02. The molecule has 0 atom stereocenters. The number of alkyl halides is 3. The summed E-state index contributed by atoms with van der Waals surface area (Å²) >= 11 is 0. The molecule has 0 unspecified atom stereocenters. The van der Waals surface area contributed by atoms with Crippen LogP contribution < -0.4 is 0 Å². The van der Waals surface area contributed by atoms with E-state index in [0.717, 1.165) is 0 Å². The molecule has 0 aliphatic heterocycles. The second-order valence-corrected chi connectivity index (χ2v) is 2.89. The number of carbonyl (C=O) groups excluding carboxylic acids is 1. The van der Waals surface area contributed by atoms with E-state index in [1.807, 2.05) is 0 Å². The maximum absolute atomic E-state index is 11.2. The third-order valence-electron chi connectivity index (χ3n) is 1.53. The van der Waals surface area contributed by atoms with Crippen LogP contribution in [0.4, 0.5) is 13.2 Å². The van der Waals surface area contributed by atoms with E-state index in [0.29, 0.717) is 5.56 Å². The van der Waals surface area contributed by atoms with Crippen molar-refractivity contribution in [1.29, 1.82) is 0 Å². The Labute approximate surface area is 101 Å². The van der Waals surface area contributed by atoms with Crippen molar-refractivity contribution in [3.05, 3.63) is 35.9 Å². The number of esters is 1. The highest BCUT2D eigenvalue weighted by atomic mass is 19.4. The van der Waals surface area contributed by atoms with Crippen LogP contribution >= 0.6 is 0 Å². The first-order valence-corrected chi connectivity index (χ1v) is 4.81. The van der Waals surface area contributed by atoms with Crippen molar-refractivity contribution in [2.45, 2.75) is 13.1 Å². The van der Waals surface area contributed by atoms with Crippen molar-refractivity contribution in [2.24, 2.45) is 0 Å². The van der Waals surface area contributed by atoms with E-state index in [1.54, 1.807) is 30.3 Å². The third kappa shape index (κ3) is 6.51. The molecule has 0 saturated heterocycles. The fraction of sp³-hybridized carbons (Fsp3) is 0.273. The molecule has 0 aliphatic rings. The standard InChI is InChI=1S/C7H6O2.C4H5F3O2/c8-7(9)6-4-2-1-3-5-6;1-2-9-3(8)4(5,6)7/h1-5H,(H,8,9);2H2,1H3. The van der Waals surface area contributed by atoms with Crippen molar-refractivity contribution < 1.29 is 32.6 Å². The van der Waals surface area contributed by atoms with Gasteiger partial charge in [0, 0.05) is 0 Å². The van der Waals surface area contributed by atoms with Gasteiger partial charge in [-0.05, 0) is 19.1 Å². The van der Waals surface area contributed by atoms with Gasteiger partial charge >= 0.3 is 18.1 Å². The largest absolute Gasteiger partial charge is 0.490 e. The predicted molar refractivity (Wildman–Crippen MR) is 56.1 cm³/mol. The normalized spacial score (nSPS) is 10.0.